The number of nitrogens with one attached hydrogen (secondary N) is 3. The Hall–Kier alpha value is -2.26. The van der Waals surface area contributed by atoms with Gasteiger partial charge in [-0.3, -0.25) is 4.79 Å². The maximum Gasteiger partial charge on any atom is 0.315 e. The molecule has 0 saturated carbocycles. The molecule has 1 atom stereocenters. The summed E-state index contributed by atoms with van der Waals surface area (Å²) in [4.78, 5) is 31.8. The molecule has 9 heteroatoms. The van der Waals surface area contributed by atoms with E-state index >= 15 is 0 Å². The average molecular weight is 319 g/mol. The number of hydrogen-bond acceptors (Lipinski definition) is 6. The molecule has 4 rings (SSSR count). The third kappa shape index (κ3) is 2.10. The zero-order valence-electron chi connectivity index (χ0n) is 10.5. The van der Waals surface area contributed by atoms with Crippen molar-refractivity contribution < 1.29 is 9.59 Å². The van der Waals surface area contributed by atoms with Crippen molar-refractivity contribution in [2.75, 3.05) is 11.9 Å². The Labute approximate surface area is 126 Å². The summed E-state index contributed by atoms with van der Waals surface area (Å²) >= 11 is 2.96. The van der Waals surface area contributed by atoms with E-state index in [9.17, 15) is 9.59 Å². The van der Waals surface area contributed by atoms with Crippen molar-refractivity contribution >= 4 is 60.2 Å². The summed E-state index contributed by atoms with van der Waals surface area (Å²) < 4.78 is 2.05. The van der Waals surface area contributed by atoms with Gasteiger partial charge in [0.15, 0.2) is 5.13 Å². The van der Waals surface area contributed by atoms with Crippen molar-refractivity contribution in [1.29, 1.82) is 0 Å². The van der Waals surface area contributed by atoms with Gasteiger partial charge in [-0.15, -0.1) is 11.3 Å². The van der Waals surface area contributed by atoms with Gasteiger partial charge in [-0.1, -0.05) is 11.3 Å². The molecule has 1 aliphatic heterocycles. The van der Waals surface area contributed by atoms with Crippen LogP contribution < -0.4 is 16.0 Å². The van der Waals surface area contributed by atoms with E-state index in [1.807, 2.05) is 12.1 Å². The second kappa shape index (κ2) is 4.64. The van der Waals surface area contributed by atoms with Gasteiger partial charge in [0.2, 0.25) is 0 Å². The molecule has 3 N–H and O–H groups in total. The van der Waals surface area contributed by atoms with Crippen LogP contribution >= 0.6 is 22.7 Å². The molecule has 0 aliphatic carbocycles. The van der Waals surface area contributed by atoms with Gasteiger partial charge in [0.25, 0.3) is 5.91 Å². The molecule has 0 radical (unpaired) electrons. The molecule has 1 aliphatic rings. The molecular formula is C12H9N5O2S2. The Balaban J connectivity index is 1.64. The highest BCUT2D eigenvalue weighted by molar-refractivity contribution is 7.24. The van der Waals surface area contributed by atoms with Crippen LogP contribution in [0.15, 0.2) is 17.6 Å². The lowest BCUT2D eigenvalue weighted by molar-refractivity contribution is -0.117. The van der Waals surface area contributed by atoms with Crippen LogP contribution in [0.3, 0.4) is 0 Å². The van der Waals surface area contributed by atoms with E-state index < -0.39 is 6.04 Å². The molecule has 1 aromatic carbocycles. The number of nitrogens with zero attached hydrogens (tertiary/aromatic N) is 2. The molecule has 1 fully saturated rings. The number of thiazole rings is 2. The number of carbonyl (C=O) groups excluding carboxylic acids is 2. The Kier molecular flexibility index (Phi) is 2.76. The molecular weight excluding hydrogens is 310 g/mol. The van der Waals surface area contributed by atoms with Gasteiger partial charge in [0.05, 0.1) is 20.4 Å². The zero-order valence-corrected chi connectivity index (χ0v) is 12.2. The first-order chi connectivity index (χ1) is 10.2. The van der Waals surface area contributed by atoms with Crippen molar-refractivity contribution in [2.24, 2.45) is 0 Å². The van der Waals surface area contributed by atoms with Gasteiger partial charge in [-0.2, -0.15) is 0 Å². The molecule has 0 unspecified atom stereocenters. The third-order valence-corrected chi connectivity index (χ3v) is 4.96. The van der Waals surface area contributed by atoms with Crippen molar-refractivity contribution in [2.45, 2.75) is 6.04 Å². The molecule has 2 aromatic heterocycles. The summed E-state index contributed by atoms with van der Waals surface area (Å²) in [7, 11) is 0. The fourth-order valence-corrected chi connectivity index (χ4v) is 3.89. The predicted molar refractivity (Wildman–Crippen MR) is 81.8 cm³/mol. The van der Waals surface area contributed by atoms with Gasteiger partial charge in [0, 0.05) is 6.54 Å². The number of benzene rings is 1. The van der Waals surface area contributed by atoms with Crippen molar-refractivity contribution in [3.05, 3.63) is 17.6 Å². The molecule has 106 valence electrons. The summed E-state index contributed by atoms with van der Waals surface area (Å²) in [6.45, 7) is 0.284. The quantitative estimate of drug-likeness (QED) is 0.667. The summed E-state index contributed by atoms with van der Waals surface area (Å²) in [6.07, 6.45) is 0. The lowest BCUT2D eigenvalue weighted by Gasteiger charge is -2.06. The highest BCUT2D eigenvalue weighted by atomic mass is 32.1. The molecule has 1 saturated heterocycles. The monoisotopic (exact) mass is 319 g/mol. The average Bonchev–Trinajstić information content (AvgIpc) is 3.14. The number of rotatable bonds is 2. The lowest BCUT2D eigenvalue weighted by atomic mass is 10.3. The number of urea groups is 1. The SMILES string of the molecule is O=C1NC[C@H](C(=O)Nc2nc3ccc4scnc4c3s2)N1. The lowest BCUT2D eigenvalue weighted by Crippen LogP contribution is -2.38. The zero-order chi connectivity index (χ0) is 14.4. The number of hydrogen-bond donors (Lipinski definition) is 3. The highest BCUT2D eigenvalue weighted by Gasteiger charge is 2.27. The van der Waals surface area contributed by atoms with Gasteiger partial charge < -0.3 is 16.0 Å². The minimum Gasteiger partial charge on any atom is -0.336 e. The fourth-order valence-electron chi connectivity index (χ4n) is 2.17. The third-order valence-electron chi connectivity index (χ3n) is 3.17. The minimum atomic E-state index is -0.566. The number of carbonyl (C=O) groups is 2. The van der Waals surface area contributed by atoms with Crippen LogP contribution in [0.2, 0.25) is 0 Å². The molecule has 3 aromatic rings. The summed E-state index contributed by atoms with van der Waals surface area (Å²) in [6, 6.07) is 3.00. The number of aromatic nitrogens is 2. The summed E-state index contributed by atoms with van der Waals surface area (Å²) in [5.74, 6) is -0.276. The van der Waals surface area contributed by atoms with E-state index in [4.69, 9.17) is 0 Å². The van der Waals surface area contributed by atoms with E-state index in [0.717, 1.165) is 20.4 Å². The first-order valence-corrected chi connectivity index (χ1v) is 7.88. The normalized spacial score (nSPS) is 17.9. The van der Waals surface area contributed by atoms with Crippen LogP contribution in [0.4, 0.5) is 9.93 Å². The van der Waals surface area contributed by atoms with Crippen LogP contribution in [-0.4, -0.2) is 34.5 Å². The maximum atomic E-state index is 12.0. The number of anilines is 1. The maximum absolute atomic E-state index is 12.0. The van der Waals surface area contributed by atoms with Crippen LogP contribution in [-0.2, 0) is 4.79 Å². The number of fused-ring (bicyclic) bond motifs is 3. The van der Waals surface area contributed by atoms with E-state index in [1.54, 1.807) is 16.8 Å². The van der Waals surface area contributed by atoms with Gasteiger partial charge in [0.1, 0.15) is 11.6 Å². The minimum absolute atomic E-state index is 0.276. The Bertz CT molecular complexity index is 871. The van der Waals surface area contributed by atoms with Crippen molar-refractivity contribution in [3.63, 3.8) is 0 Å². The second-order valence-electron chi connectivity index (χ2n) is 4.53. The largest absolute Gasteiger partial charge is 0.336 e. The molecule has 3 heterocycles. The number of amides is 3. The molecule has 0 spiro atoms. The summed E-state index contributed by atoms with van der Waals surface area (Å²) in [5, 5.41) is 8.34. The van der Waals surface area contributed by atoms with Gasteiger partial charge in [-0.25, -0.2) is 14.8 Å². The van der Waals surface area contributed by atoms with Crippen molar-refractivity contribution in [1.82, 2.24) is 20.6 Å². The Morgan fingerprint density at radius 3 is 3.14 bits per heavy atom. The van der Waals surface area contributed by atoms with Crippen LogP contribution in [0.1, 0.15) is 0 Å². The van der Waals surface area contributed by atoms with Crippen LogP contribution in [0.25, 0.3) is 20.4 Å². The Morgan fingerprint density at radius 2 is 2.33 bits per heavy atom. The topological polar surface area (TPSA) is 96.0 Å². The predicted octanol–water partition coefficient (Wildman–Crippen LogP) is 1.53. The van der Waals surface area contributed by atoms with Gasteiger partial charge in [-0.05, 0) is 12.1 Å². The van der Waals surface area contributed by atoms with Crippen molar-refractivity contribution in [3.8, 4) is 0 Å². The molecule has 3 amide bonds. The van der Waals surface area contributed by atoms with Crippen LogP contribution in [0, 0.1) is 0 Å². The molecule has 7 nitrogen and oxygen atoms in total. The highest BCUT2D eigenvalue weighted by Crippen LogP contribution is 2.33. The summed E-state index contributed by atoms with van der Waals surface area (Å²) in [5.41, 5.74) is 3.51. The first kappa shape index (κ1) is 12.5. The molecule has 21 heavy (non-hydrogen) atoms. The smallest absolute Gasteiger partial charge is 0.315 e. The van der Waals surface area contributed by atoms with E-state index in [0.29, 0.717) is 5.13 Å². The standard InChI is InChI=1S/C12H9N5O2S2/c18-10(6-3-13-11(19)15-6)17-12-16-5-1-2-7-8(9(5)21-12)14-4-20-7/h1-2,4,6H,3H2,(H2,13,15,19)(H,16,17,18)/t6-/m1/s1. The van der Waals surface area contributed by atoms with E-state index in [-0.39, 0.29) is 18.5 Å². The Morgan fingerprint density at radius 1 is 1.43 bits per heavy atom. The fraction of sp³-hybridized carbons (Fsp3) is 0.167. The van der Waals surface area contributed by atoms with E-state index in [2.05, 4.69) is 25.9 Å². The second-order valence-corrected chi connectivity index (χ2v) is 6.41. The van der Waals surface area contributed by atoms with Gasteiger partial charge >= 0.3 is 6.03 Å². The van der Waals surface area contributed by atoms with E-state index in [1.165, 1.54) is 11.3 Å². The van der Waals surface area contributed by atoms with Crippen LogP contribution in [0.5, 0.6) is 0 Å². The molecule has 0 bridgehead atoms. The first-order valence-electron chi connectivity index (χ1n) is 6.19.